The summed E-state index contributed by atoms with van der Waals surface area (Å²) >= 11 is 0. The lowest BCUT2D eigenvalue weighted by molar-refractivity contribution is 0.224. The van der Waals surface area contributed by atoms with Gasteiger partial charge in [0, 0.05) is 26.7 Å². The van der Waals surface area contributed by atoms with Gasteiger partial charge in [-0.15, -0.1) is 0 Å². The van der Waals surface area contributed by atoms with Gasteiger partial charge in [-0.25, -0.2) is 0 Å². The molecular weight excluding hydrogens is 192 g/mol. The minimum absolute atomic E-state index is 0.846. The van der Waals surface area contributed by atoms with Gasteiger partial charge in [0.15, 0.2) is 0 Å². The first-order valence-electron chi connectivity index (χ1n) is 4.83. The molecule has 3 heteroatoms. The van der Waals surface area contributed by atoms with Gasteiger partial charge in [0.05, 0.1) is 0 Å². The Bertz CT molecular complexity index is 270. The van der Waals surface area contributed by atoms with E-state index in [1.807, 2.05) is 0 Å². The van der Waals surface area contributed by atoms with Crippen molar-refractivity contribution in [1.29, 1.82) is 0 Å². The highest BCUT2D eigenvalue weighted by atomic mass is 28.3. The van der Waals surface area contributed by atoms with E-state index < -0.39 is 8.80 Å². The van der Waals surface area contributed by atoms with Gasteiger partial charge >= 0.3 is 0 Å². The van der Waals surface area contributed by atoms with Crippen LogP contribution >= 0.6 is 0 Å². The highest BCUT2D eigenvalue weighted by Gasteiger charge is 2.14. The Kier molecular flexibility index (Phi) is 4.86. The SMILES string of the molecule is COC[SiH](COC)c1ccccc1C. The van der Waals surface area contributed by atoms with E-state index in [2.05, 4.69) is 31.2 Å². The number of aryl methyl sites for hydroxylation is 1. The van der Waals surface area contributed by atoms with Gasteiger partial charge in [-0.05, 0) is 6.92 Å². The summed E-state index contributed by atoms with van der Waals surface area (Å²) in [6.45, 7) is 2.15. The smallest absolute Gasteiger partial charge is 0.129 e. The molecule has 0 radical (unpaired) electrons. The Balaban J connectivity index is 2.81. The molecule has 0 saturated carbocycles. The van der Waals surface area contributed by atoms with Gasteiger partial charge in [-0.3, -0.25) is 0 Å². The summed E-state index contributed by atoms with van der Waals surface area (Å²) in [6.07, 6.45) is 1.69. The molecule has 14 heavy (non-hydrogen) atoms. The molecule has 0 amide bonds. The summed E-state index contributed by atoms with van der Waals surface area (Å²) in [5.74, 6) is 0. The number of benzene rings is 1. The molecule has 1 aromatic rings. The number of rotatable bonds is 5. The van der Waals surface area contributed by atoms with Crippen molar-refractivity contribution in [2.24, 2.45) is 0 Å². The average Bonchev–Trinajstić information content (AvgIpc) is 2.18. The van der Waals surface area contributed by atoms with Crippen LogP contribution in [0.3, 0.4) is 0 Å². The predicted molar refractivity (Wildman–Crippen MR) is 61.7 cm³/mol. The summed E-state index contributed by atoms with van der Waals surface area (Å²) in [4.78, 5) is 0. The maximum atomic E-state index is 5.25. The van der Waals surface area contributed by atoms with Crippen molar-refractivity contribution in [1.82, 2.24) is 0 Å². The van der Waals surface area contributed by atoms with Crippen LogP contribution < -0.4 is 5.19 Å². The molecule has 1 rings (SSSR count). The minimum atomic E-state index is -1.08. The zero-order valence-corrected chi connectivity index (χ0v) is 10.3. The first-order chi connectivity index (χ1) is 6.79. The molecule has 0 saturated heterocycles. The molecule has 0 atom stereocenters. The van der Waals surface area contributed by atoms with Gasteiger partial charge in [-0.2, -0.15) is 0 Å². The van der Waals surface area contributed by atoms with Crippen molar-refractivity contribution < 1.29 is 9.47 Å². The largest absolute Gasteiger partial charge is 0.388 e. The summed E-state index contributed by atoms with van der Waals surface area (Å²) in [5, 5.41) is 1.45. The van der Waals surface area contributed by atoms with E-state index in [1.54, 1.807) is 14.2 Å². The van der Waals surface area contributed by atoms with Crippen LogP contribution in [0.5, 0.6) is 0 Å². The average molecular weight is 210 g/mol. The van der Waals surface area contributed by atoms with Gasteiger partial charge < -0.3 is 9.47 Å². The Morgan fingerprint density at radius 1 is 1.07 bits per heavy atom. The molecule has 1 aromatic carbocycles. The Morgan fingerprint density at radius 2 is 1.64 bits per heavy atom. The summed E-state index contributed by atoms with van der Waals surface area (Å²) in [5.41, 5.74) is 1.36. The van der Waals surface area contributed by atoms with Gasteiger partial charge in [0.25, 0.3) is 0 Å². The first-order valence-corrected chi connectivity index (χ1v) is 7.04. The number of methoxy groups -OCH3 is 2. The maximum Gasteiger partial charge on any atom is 0.129 e. The van der Waals surface area contributed by atoms with Crippen molar-refractivity contribution >= 4 is 14.0 Å². The molecule has 0 aromatic heterocycles. The molecule has 0 spiro atoms. The fourth-order valence-electron chi connectivity index (χ4n) is 1.67. The number of hydrogen-bond donors (Lipinski definition) is 0. The van der Waals surface area contributed by atoms with Crippen molar-refractivity contribution in [3.8, 4) is 0 Å². The molecule has 78 valence electrons. The standard InChI is InChI=1S/C11H18O2Si/c1-10-6-4-5-7-11(10)14(8-12-2)9-13-3/h4-7,14H,8-9H2,1-3H3. The first kappa shape index (κ1) is 11.4. The monoisotopic (exact) mass is 210 g/mol. The molecule has 2 nitrogen and oxygen atoms in total. The van der Waals surface area contributed by atoms with Crippen LogP contribution in [0, 0.1) is 6.92 Å². The second kappa shape index (κ2) is 5.96. The summed E-state index contributed by atoms with van der Waals surface area (Å²) in [6, 6.07) is 8.52. The zero-order valence-electron chi connectivity index (χ0n) is 9.12. The Morgan fingerprint density at radius 3 is 2.14 bits per heavy atom. The maximum absolute atomic E-state index is 5.25. The van der Waals surface area contributed by atoms with Gasteiger partial charge in [0.2, 0.25) is 0 Å². The Labute approximate surface area is 87.5 Å². The van der Waals surface area contributed by atoms with Crippen LogP contribution in [-0.2, 0) is 9.47 Å². The lowest BCUT2D eigenvalue weighted by Gasteiger charge is -2.15. The molecule has 0 bridgehead atoms. The predicted octanol–water partition coefficient (Wildman–Crippen LogP) is 0.800. The summed E-state index contributed by atoms with van der Waals surface area (Å²) < 4.78 is 10.5. The van der Waals surface area contributed by atoms with E-state index >= 15 is 0 Å². The third kappa shape index (κ3) is 2.94. The van der Waals surface area contributed by atoms with Gasteiger partial charge in [-0.1, -0.05) is 35.0 Å². The molecule has 0 fully saturated rings. The second-order valence-corrected chi connectivity index (χ2v) is 6.15. The number of ether oxygens (including phenoxy) is 2. The van der Waals surface area contributed by atoms with Crippen LogP contribution in [0.4, 0.5) is 0 Å². The summed E-state index contributed by atoms with van der Waals surface area (Å²) in [7, 11) is 2.44. The molecule has 0 unspecified atom stereocenters. The molecule has 0 heterocycles. The van der Waals surface area contributed by atoms with E-state index in [1.165, 1.54) is 10.8 Å². The molecular formula is C11H18O2Si. The lowest BCUT2D eigenvalue weighted by Crippen LogP contribution is -2.41. The fourth-order valence-corrected chi connectivity index (χ4v) is 4.06. The van der Waals surface area contributed by atoms with Crippen LogP contribution in [0.1, 0.15) is 5.56 Å². The van der Waals surface area contributed by atoms with E-state index in [0.29, 0.717) is 0 Å². The van der Waals surface area contributed by atoms with Gasteiger partial charge in [0.1, 0.15) is 8.80 Å². The third-order valence-electron chi connectivity index (χ3n) is 2.36. The van der Waals surface area contributed by atoms with E-state index in [0.717, 1.165) is 12.5 Å². The van der Waals surface area contributed by atoms with Crippen molar-refractivity contribution in [3.63, 3.8) is 0 Å². The third-order valence-corrected chi connectivity index (χ3v) is 5.36. The highest BCUT2D eigenvalue weighted by molar-refractivity contribution is 6.73. The molecule has 0 aliphatic heterocycles. The van der Waals surface area contributed by atoms with Crippen LogP contribution in [-0.4, -0.2) is 35.5 Å². The van der Waals surface area contributed by atoms with E-state index in [9.17, 15) is 0 Å². The van der Waals surface area contributed by atoms with E-state index in [4.69, 9.17) is 9.47 Å². The zero-order chi connectivity index (χ0) is 10.4. The van der Waals surface area contributed by atoms with Crippen molar-refractivity contribution in [2.45, 2.75) is 6.92 Å². The molecule has 0 aliphatic carbocycles. The highest BCUT2D eigenvalue weighted by Crippen LogP contribution is 1.97. The van der Waals surface area contributed by atoms with Crippen molar-refractivity contribution in [3.05, 3.63) is 29.8 Å². The van der Waals surface area contributed by atoms with Crippen molar-refractivity contribution in [2.75, 3.05) is 26.7 Å². The molecule has 0 N–H and O–H groups in total. The van der Waals surface area contributed by atoms with Crippen LogP contribution in [0.15, 0.2) is 24.3 Å². The fraction of sp³-hybridized carbons (Fsp3) is 0.455. The van der Waals surface area contributed by atoms with Crippen LogP contribution in [0.25, 0.3) is 0 Å². The minimum Gasteiger partial charge on any atom is -0.388 e. The Hall–Kier alpha value is -0.643. The topological polar surface area (TPSA) is 18.5 Å². The second-order valence-electron chi connectivity index (χ2n) is 3.46. The van der Waals surface area contributed by atoms with E-state index in [-0.39, 0.29) is 0 Å². The lowest BCUT2D eigenvalue weighted by atomic mass is 10.2. The number of hydrogen-bond acceptors (Lipinski definition) is 2. The van der Waals surface area contributed by atoms with Crippen LogP contribution in [0.2, 0.25) is 0 Å². The quantitative estimate of drug-likeness (QED) is 0.669. The normalized spacial score (nSPS) is 10.9. The molecule has 0 aliphatic rings.